The second-order valence-electron chi connectivity index (χ2n) is 3.08. The Kier molecular flexibility index (Phi) is 2.70. The number of rotatable bonds is 3. The predicted octanol–water partition coefficient (Wildman–Crippen LogP) is 1.02. The minimum Gasteiger partial charge on any atom is -0.381 e. The molecule has 6 heteroatoms. The van der Waals surface area contributed by atoms with Gasteiger partial charge in [-0.2, -0.15) is 5.10 Å². The Morgan fingerprint density at radius 1 is 1.67 bits per heavy atom. The van der Waals surface area contributed by atoms with Crippen molar-refractivity contribution in [1.29, 1.82) is 0 Å². The number of hydrogen-bond donors (Lipinski definition) is 2. The summed E-state index contributed by atoms with van der Waals surface area (Å²) in [4.78, 5) is 4.65. The summed E-state index contributed by atoms with van der Waals surface area (Å²) in [6, 6.07) is 1.80. The van der Waals surface area contributed by atoms with Crippen LogP contribution >= 0.6 is 11.3 Å². The molecule has 0 aliphatic rings. The number of anilines is 1. The van der Waals surface area contributed by atoms with Gasteiger partial charge in [0.05, 0.1) is 10.6 Å². The summed E-state index contributed by atoms with van der Waals surface area (Å²) in [5.41, 5.74) is 6.28. The van der Waals surface area contributed by atoms with Gasteiger partial charge in [-0.05, 0) is 13.0 Å². The third kappa shape index (κ3) is 1.86. The van der Waals surface area contributed by atoms with Crippen LogP contribution in [0.2, 0.25) is 0 Å². The summed E-state index contributed by atoms with van der Waals surface area (Å²) < 4.78 is 1.75. The summed E-state index contributed by atoms with van der Waals surface area (Å²) in [6.07, 6.45) is 2.58. The fraction of sp³-hybridized carbons (Fsp3) is 0.333. The first kappa shape index (κ1) is 10.1. The highest BCUT2D eigenvalue weighted by Gasteiger charge is 2.16. The van der Waals surface area contributed by atoms with Crippen molar-refractivity contribution < 1.29 is 5.11 Å². The molecule has 0 aliphatic heterocycles. The molecule has 0 fully saturated rings. The van der Waals surface area contributed by atoms with Crippen LogP contribution in [0.5, 0.6) is 0 Å². The smallest absolute Gasteiger partial charge is 0.180 e. The number of aliphatic hydroxyl groups excluding tert-OH is 1. The van der Waals surface area contributed by atoms with E-state index >= 15 is 0 Å². The Balaban J connectivity index is 2.31. The fourth-order valence-electron chi connectivity index (χ4n) is 1.41. The second-order valence-corrected chi connectivity index (χ2v) is 4.17. The van der Waals surface area contributed by atoms with Crippen LogP contribution < -0.4 is 5.73 Å². The van der Waals surface area contributed by atoms with Crippen molar-refractivity contribution in [3.8, 4) is 0 Å². The van der Waals surface area contributed by atoms with E-state index in [1.54, 1.807) is 23.1 Å². The summed E-state index contributed by atoms with van der Waals surface area (Å²) in [5.74, 6) is 0. The van der Waals surface area contributed by atoms with Gasteiger partial charge in [0.2, 0.25) is 0 Å². The Bertz CT molecular complexity index is 450. The predicted molar refractivity (Wildman–Crippen MR) is 58.5 cm³/mol. The third-order valence-electron chi connectivity index (χ3n) is 2.14. The van der Waals surface area contributed by atoms with Crippen LogP contribution in [0, 0.1) is 0 Å². The van der Waals surface area contributed by atoms with Gasteiger partial charge in [0.15, 0.2) is 5.13 Å². The Morgan fingerprint density at radius 2 is 2.47 bits per heavy atom. The Hall–Kier alpha value is -1.40. The van der Waals surface area contributed by atoms with Crippen LogP contribution in [0.4, 0.5) is 5.13 Å². The maximum atomic E-state index is 10.1. The molecular weight excluding hydrogens is 212 g/mol. The van der Waals surface area contributed by atoms with E-state index < -0.39 is 6.10 Å². The standard InChI is InChI=1S/C9H12N4OS/c1-2-13-6(3-4-12-13)8(14)7-5-11-9(10)15-7/h3-5,8,14H,2H2,1H3,(H2,10,11). The molecule has 3 N–H and O–H groups in total. The van der Waals surface area contributed by atoms with Crippen molar-refractivity contribution >= 4 is 16.5 Å². The number of thiazole rings is 1. The zero-order valence-corrected chi connectivity index (χ0v) is 9.11. The lowest BCUT2D eigenvalue weighted by Crippen LogP contribution is -2.07. The van der Waals surface area contributed by atoms with Gasteiger partial charge in [0.1, 0.15) is 6.10 Å². The van der Waals surface area contributed by atoms with Crippen LogP contribution in [-0.4, -0.2) is 19.9 Å². The van der Waals surface area contributed by atoms with Crippen LogP contribution in [0.3, 0.4) is 0 Å². The monoisotopic (exact) mass is 224 g/mol. The molecule has 2 heterocycles. The van der Waals surface area contributed by atoms with Crippen molar-refractivity contribution in [2.75, 3.05) is 5.73 Å². The molecule has 0 radical (unpaired) electrons. The van der Waals surface area contributed by atoms with E-state index in [1.807, 2.05) is 6.92 Å². The fourth-order valence-corrected chi connectivity index (χ4v) is 2.10. The number of aliphatic hydroxyl groups is 1. The molecule has 15 heavy (non-hydrogen) atoms. The minimum atomic E-state index is -0.692. The topological polar surface area (TPSA) is 77.0 Å². The lowest BCUT2D eigenvalue weighted by Gasteiger charge is -2.09. The van der Waals surface area contributed by atoms with E-state index in [0.717, 1.165) is 17.1 Å². The number of aromatic nitrogens is 3. The Labute approximate surface area is 91.2 Å². The normalized spacial score (nSPS) is 12.9. The van der Waals surface area contributed by atoms with E-state index in [9.17, 15) is 5.11 Å². The summed E-state index contributed by atoms with van der Waals surface area (Å²) in [5, 5.41) is 14.6. The van der Waals surface area contributed by atoms with Crippen molar-refractivity contribution in [3.63, 3.8) is 0 Å². The van der Waals surface area contributed by atoms with Crippen molar-refractivity contribution in [1.82, 2.24) is 14.8 Å². The van der Waals surface area contributed by atoms with E-state index in [1.165, 1.54) is 11.3 Å². The summed E-state index contributed by atoms with van der Waals surface area (Å²) in [7, 11) is 0. The quantitative estimate of drug-likeness (QED) is 0.816. The zero-order valence-electron chi connectivity index (χ0n) is 8.29. The highest BCUT2D eigenvalue weighted by molar-refractivity contribution is 7.15. The van der Waals surface area contributed by atoms with Gasteiger partial charge in [-0.3, -0.25) is 4.68 Å². The van der Waals surface area contributed by atoms with Gasteiger partial charge in [-0.15, -0.1) is 0 Å². The average Bonchev–Trinajstić information content (AvgIpc) is 2.84. The molecule has 5 nitrogen and oxygen atoms in total. The third-order valence-corrected chi connectivity index (χ3v) is 3.02. The van der Waals surface area contributed by atoms with Crippen LogP contribution in [0.25, 0.3) is 0 Å². The lowest BCUT2D eigenvalue weighted by molar-refractivity contribution is 0.211. The first-order valence-electron chi connectivity index (χ1n) is 4.63. The largest absolute Gasteiger partial charge is 0.381 e. The molecule has 2 rings (SSSR count). The summed E-state index contributed by atoms with van der Waals surface area (Å²) >= 11 is 1.29. The van der Waals surface area contributed by atoms with Gasteiger partial charge in [0, 0.05) is 18.9 Å². The van der Waals surface area contributed by atoms with E-state index in [-0.39, 0.29) is 0 Å². The second kappa shape index (κ2) is 4.00. The van der Waals surface area contributed by atoms with Gasteiger partial charge in [0.25, 0.3) is 0 Å². The Morgan fingerprint density at radius 3 is 3.07 bits per heavy atom. The van der Waals surface area contributed by atoms with Crippen molar-refractivity contribution in [2.24, 2.45) is 0 Å². The zero-order chi connectivity index (χ0) is 10.8. The molecule has 2 aromatic rings. The molecule has 0 aliphatic carbocycles. The molecular formula is C9H12N4OS. The molecule has 0 aromatic carbocycles. The van der Waals surface area contributed by atoms with Crippen molar-refractivity contribution in [2.45, 2.75) is 19.6 Å². The number of nitrogens with zero attached hydrogens (tertiary/aromatic N) is 3. The van der Waals surface area contributed by atoms with Gasteiger partial charge in [-0.1, -0.05) is 11.3 Å². The lowest BCUT2D eigenvalue weighted by atomic mass is 10.2. The highest BCUT2D eigenvalue weighted by atomic mass is 32.1. The van der Waals surface area contributed by atoms with Crippen molar-refractivity contribution in [3.05, 3.63) is 29.0 Å². The highest BCUT2D eigenvalue weighted by Crippen LogP contribution is 2.27. The molecule has 2 aromatic heterocycles. The number of nitrogens with two attached hydrogens (primary N) is 1. The molecule has 1 atom stereocenters. The molecule has 0 amide bonds. The molecule has 0 bridgehead atoms. The summed E-state index contributed by atoms with van der Waals surface area (Å²) in [6.45, 7) is 2.71. The van der Waals surface area contributed by atoms with Gasteiger partial charge < -0.3 is 10.8 Å². The first-order valence-corrected chi connectivity index (χ1v) is 5.45. The van der Waals surface area contributed by atoms with E-state index in [0.29, 0.717) is 5.13 Å². The molecule has 0 saturated carbocycles. The molecule has 0 spiro atoms. The SMILES string of the molecule is CCn1nccc1C(O)c1cnc(N)s1. The van der Waals surface area contributed by atoms with Gasteiger partial charge >= 0.3 is 0 Å². The molecule has 0 saturated heterocycles. The van der Waals surface area contributed by atoms with E-state index in [2.05, 4.69) is 10.1 Å². The maximum Gasteiger partial charge on any atom is 0.180 e. The first-order chi connectivity index (χ1) is 7.22. The van der Waals surface area contributed by atoms with E-state index in [4.69, 9.17) is 5.73 Å². The number of nitrogen functional groups attached to an aromatic ring is 1. The maximum absolute atomic E-state index is 10.1. The van der Waals surface area contributed by atoms with Gasteiger partial charge in [-0.25, -0.2) is 4.98 Å². The molecule has 1 unspecified atom stereocenters. The number of aryl methyl sites for hydroxylation is 1. The molecule has 80 valence electrons. The van der Waals surface area contributed by atoms with Crippen LogP contribution in [0.15, 0.2) is 18.5 Å². The van der Waals surface area contributed by atoms with Crippen LogP contribution in [0.1, 0.15) is 23.6 Å². The average molecular weight is 224 g/mol. The minimum absolute atomic E-state index is 0.464. The van der Waals surface area contributed by atoms with Crippen LogP contribution in [-0.2, 0) is 6.54 Å². The number of hydrogen-bond acceptors (Lipinski definition) is 5.